The summed E-state index contributed by atoms with van der Waals surface area (Å²) in [5.74, 6) is -0.584. The normalized spacial score (nSPS) is 11.8. The SMILES string of the molecule is COC(=O)[C@@H](Cc1c(C)cc(O)cc1C)NC(C)=O. The van der Waals surface area contributed by atoms with Gasteiger partial charge in [0, 0.05) is 13.3 Å². The van der Waals surface area contributed by atoms with Gasteiger partial charge in [-0.3, -0.25) is 4.79 Å². The lowest BCUT2D eigenvalue weighted by molar-refractivity contribution is -0.144. The zero-order valence-electron chi connectivity index (χ0n) is 11.6. The average Bonchev–Trinajstić information content (AvgIpc) is 2.30. The van der Waals surface area contributed by atoms with Crippen molar-refractivity contribution in [1.29, 1.82) is 0 Å². The molecule has 0 aliphatic carbocycles. The highest BCUT2D eigenvalue weighted by Crippen LogP contribution is 2.22. The number of rotatable bonds is 4. The summed E-state index contributed by atoms with van der Waals surface area (Å²) in [6.07, 6.45) is 0.337. The number of methoxy groups -OCH3 is 1. The van der Waals surface area contributed by atoms with E-state index in [2.05, 4.69) is 10.1 Å². The van der Waals surface area contributed by atoms with Crippen molar-refractivity contribution < 1.29 is 19.4 Å². The van der Waals surface area contributed by atoms with Crippen LogP contribution in [0.15, 0.2) is 12.1 Å². The Bertz CT molecular complexity index is 473. The minimum Gasteiger partial charge on any atom is -0.508 e. The van der Waals surface area contributed by atoms with Crippen molar-refractivity contribution in [2.75, 3.05) is 7.11 Å². The number of benzene rings is 1. The fourth-order valence-electron chi connectivity index (χ4n) is 2.08. The van der Waals surface area contributed by atoms with Gasteiger partial charge in [-0.1, -0.05) is 0 Å². The van der Waals surface area contributed by atoms with E-state index < -0.39 is 12.0 Å². The van der Waals surface area contributed by atoms with E-state index in [1.54, 1.807) is 12.1 Å². The molecule has 2 N–H and O–H groups in total. The van der Waals surface area contributed by atoms with Gasteiger partial charge in [-0.15, -0.1) is 0 Å². The number of amides is 1. The lowest BCUT2D eigenvalue weighted by atomic mass is 9.96. The Morgan fingerprint density at radius 1 is 1.32 bits per heavy atom. The summed E-state index contributed by atoms with van der Waals surface area (Å²) in [4.78, 5) is 22.8. The van der Waals surface area contributed by atoms with E-state index in [-0.39, 0.29) is 11.7 Å². The fraction of sp³-hybridized carbons (Fsp3) is 0.429. The third-order valence-electron chi connectivity index (χ3n) is 2.95. The zero-order valence-corrected chi connectivity index (χ0v) is 11.6. The van der Waals surface area contributed by atoms with Crippen molar-refractivity contribution in [3.8, 4) is 5.75 Å². The second kappa shape index (κ2) is 6.22. The van der Waals surface area contributed by atoms with E-state index in [4.69, 9.17) is 0 Å². The summed E-state index contributed by atoms with van der Waals surface area (Å²) in [5.41, 5.74) is 2.66. The van der Waals surface area contributed by atoms with E-state index >= 15 is 0 Å². The summed E-state index contributed by atoms with van der Waals surface area (Å²) in [5, 5.41) is 12.1. The number of aryl methyl sites for hydroxylation is 2. The van der Waals surface area contributed by atoms with Crippen LogP contribution in [0, 0.1) is 13.8 Å². The molecule has 0 aromatic heterocycles. The highest BCUT2D eigenvalue weighted by molar-refractivity contribution is 5.83. The average molecular weight is 265 g/mol. The Balaban J connectivity index is 3.02. The predicted molar refractivity (Wildman–Crippen MR) is 70.9 cm³/mol. The second-order valence-corrected chi connectivity index (χ2v) is 4.54. The van der Waals surface area contributed by atoms with Gasteiger partial charge in [0.15, 0.2) is 0 Å². The zero-order chi connectivity index (χ0) is 14.6. The number of nitrogens with one attached hydrogen (secondary N) is 1. The third kappa shape index (κ3) is 3.98. The molecule has 1 aromatic carbocycles. The molecule has 1 rings (SSSR count). The van der Waals surface area contributed by atoms with Gasteiger partial charge in [0.1, 0.15) is 11.8 Å². The third-order valence-corrected chi connectivity index (χ3v) is 2.95. The molecule has 1 atom stereocenters. The van der Waals surface area contributed by atoms with Crippen LogP contribution in [0.4, 0.5) is 0 Å². The quantitative estimate of drug-likeness (QED) is 0.803. The Labute approximate surface area is 112 Å². The Hall–Kier alpha value is -2.04. The van der Waals surface area contributed by atoms with Crippen molar-refractivity contribution in [2.45, 2.75) is 33.2 Å². The maximum Gasteiger partial charge on any atom is 0.328 e. The monoisotopic (exact) mass is 265 g/mol. The first-order chi connectivity index (χ1) is 8.85. The predicted octanol–water partition coefficient (Wildman–Crippen LogP) is 1.23. The molecule has 0 saturated heterocycles. The van der Waals surface area contributed by atoms with Gasteiger partial charge in [0.25, 0.3) is 0 Å². The van der Waals surface area contributed by atoms with Crippen molar-refractivity contribution in [3.05, 3.63) is 28.8 Å². The molecule has 0 unspecified atom stereocenters. The highest BCUT2D eigenvalue weighted by atomic mass is 16.5. The smallest absolute Gasteiger partial charge is 0.328 e. The molecule has 1 aromatic rings. The Kier molecular flexibility index (Phi) is 4.92. The summed E-state index contributed by atoms with van der Waals surface area (Å²) >= 11 is 0. The fourth-order valence-corrected chi connectivity index (χ4v) is 2.08. The molecule has 5 nitrogen and oxygen atoms in total. The molecule has 0 fully saturated rings. The lowest BCUT2D eigenvalue weighted by Gasteiger charge is -2.18. The summed E-state index contributed by atoms with van der Waals surface area (Å²) in [7, 11) is 1.29. The molecule has 0 radical (unpaired) electrons. The molecule has 0 bridgehead atoms. The van der Waals surface area contributed by atoms with Crippen molar-refractivity contribution in [3.63, 3.8) is 0 Å². The van der Waals surface area contributed by atoms with Crippen LogP contribution in [0.5, 0.6) is 5.75 Å². The standard InChI is InChI=1S/C14H19NO4/c1-8-5-11(17)6-9(2)12(8)7-13(14(18)19-4)15-10(3)16/h5-6,13,17H,7H2,1-4H3,(H,15,16)/t13-/m1/s1. The van der Waals surface area contributed by atoms with Gasteiger partial charge in [-0.05, 0) is 42.7 Å². The van der Waals surface area contributed by atoms with Crippen LogP contribution >= 0.6 is 0 Å². The van der Waals surface area contributed by atoms with E-state index in [0.717, 1.165) is 16.7 Å². The molecule has 104 valence electrons. The van der Waals surface area contributed by atoms with Crippen molar-refractivity contribution >= 4 is 11.9 Å². The number of phenolic OH excluding ortho intramolecular Hbond substituents is 1. The van der Waals surface area contributed by atoms with Gasteiger partial charge in [0.2, 0.25) is 5.91 Å². The van der Waals surface area contributed by atoms with Crippen LogP contribution in [0.25, 0.3) is 0 Å². The van der Waals surface area contributed by atoms with Gasteiger partial charge >= 0.3 is 5.97 Å². The molecule has 19 heavy (non-hydrogen) atoms. The maximum atomic E-state index is 11.7. The number of ether oxygens (including phenoxy) is 1. The van der Waals surface area contributed by atoms with Gasteiger partial charge in [0.05, 0.1) is 7.11 Å². The maximum absolute atomic E-state index is 11.7. The molecule has 0 heterocycles. The molecular formula is C14H19NO4. The molecule has 0 aliphatic rings. The van der Waals surface area contributed by atoms with Crippen LogP contribution in [0.2, 0.25) is 0 Å². The summed E-state index contributed by atoms with van der Waals surface area (Å²) in [6, 6.07) is 2.54. The topological polar surface area (TPSA) is 75.6 Å². The number of carbonyl (C=O) groups excluding carboxylic acids is 2. The second-order valence-electron chi connectivity index (χ2n) is 4.54. The first-order valence-corrected chi connectivity index (χ1v) is 5.99. The van der Waals surface area contributed by atoms with Crippen LogP contribution < -0.4 is 5.32 Å². The summed E-state index contributed by atoms with van der Waals surface area (Å²) < 4.78 is 4.69. The number of phenols is 1. The first kappa shape index (κ1) is 15.0. The van der Waals surface area contributed by atoms with Crippen molar-refractivity contribution in [2.24, 2.45) is 0 Å². The number of esters is 1. The van der Waals surface area contributed by atoms with E-state index in [1.165, 1.54) is 14.0 Å². The largest absolute Gasteiger partial charge is 0.508 e. The number of hydrogen-bond donors (Lipinski definition) is 2. The van der Waals surface area contributed by atoms with Crippen molar-refractivity contribution in [1.82, 2.24) is 5.32 Å². The van der Waals surface area contributed by atoms with Gasteiger partial charge in [-0.25, -0.2) is 4.79 Å². The number of hydrogen-bond acceptors (Lipinski definition) is 4. The minimum atomic E-state index is -0.718. The molecule has 0 saturated carbocycles. The highest BCUT2D eigenvalue weighted by Gasteiger charge is 2.22. The van der Waals surface area contributed by atoms with E-state index in [1.807, 2.05) is 13.8 Å². The van der Waals surface area contributed by atoms with Crippen LogP contribution in [0.1, 0.15) is 23.6 Å². The van der Waals surface area contributed by atoms with Gasteiger partial charge < -0.3 is 15.2 Å². The number of carbonyl (C=O) groups is 2. The molecular weight excluding hydrogens is 246 g/mol. The lowest BCUT2D eigenvalue weighted by Crippen LogP contribution is -2.42. The first-order valence-electron chi connectivity index (χ1n) is 5.99. The van der Waals surface area contributed by atoms with Crippen LogP contribution in [-0.2, 0) is 20.7 Å². The van der Waals surface area contributed by atoms with Crippen LogP contribution in [-0.4, -0.2) is 30.1 Å². The Morgan fingerprint density at radius 2 is 1.84 bits per heavy atom. The molecule has 5 heteroatoms. The molecule has 0 aliphatic heterocycles. The van der Waals surface area contributed by atoms with Crippen LogP contribution in [0.3, 0.4) is 0 Å². The minimum absolute atomic E-state index is 0.188. The Morgan fingerprint density at radius 3 is 2.26 bits per heavy atom. The molecule has 0 spiro atoms. The summed E-state index contributed by atoms with van der Waals surface area (Å²) in [6.45, 7) is 5.06. The van der Waals surface area contributed by atoms with Gasteiger partial charge in [-0.2, -0.15) is 0 Å². The van der Waals surface area contributed by atoms with E-state index in [9.17, 15) is 14.7 Å². The number of aromatic hydroxyl groups is 1. The molecule has 1 amide bonds. The van der Waals surface area contributed by atoms with E-state index in [0.29, 0.717) is 6.42 Å².